The second-order valence-corrected chi connectivity index (χ2v) is 3.64. The van der Waals surface area contributed by atoms with Gasteiger partial charge in [0, 0.05) is 0 Å². The predicted octanol–water partition coefficient (Wildman–Crippen LogP) is 2.17. The van der Waals surface area contributed by atoms with E-state index in [2.05, 4.69) is 30.3 Å². The van der Waals surface area contributed by atoms with E-state index in [0.29, 0.717) is 5.92 Å². The first-order chi connectivity index (χ1) is 6.34. The average molecular weight is 174 g/mol. The minimum Gasteiger partial charge on any atom is -0.389 e. The summed E-state index contributed by atoms with van der Waals surface area (Å²) in [4.78, 5) is 0. The number of hydrogen-bond acceptors (Lipinski definition) is 1. The Labute approximate surface area is 78.7 Å². The lowest BCUT2D eigenvalue weighted by Gasteiger charge is -2.08. The second kappa shape index (κ2) is 3.75. The van der Waals surface area contributed by atoms with Crippen LogP contribution in [0, 0.1) is 5.92 Å². The van der Waals surface area contributed by atoms with Gasteiger partial charge in [0.2, 0.25) is 0 Å². The Bertz CT molecular complexity index is 289. The molecule has 0 fully saturated rings. The molecular formula is C12H14O. The molecule has 0 saturated heterocycles. The number of aliphatic hydroxyl groups is 1. The molecule has 1 heteroatoms. The molecule has 1 N–H and O–H groups in total. The van der Waals surface area contributed by atoms with E-state index in [1.807, 2.05) is 12.1 Å². The molecule has 1 aromatic carbocycles. The van der Waals surface area contributed by atoms with Crippen LogP contribution in [0.15, 0.2) is 42.5 Å². The van der Waals surface area contributed by atoms with Crippen LogP contribution >= 0.6 is 0 Å². The lowest BCUT2D eigenvalue weighted by atomic mass is 9.99. The molecule has 0 unspecified atom stereocenters. The standard InChI is InChI=1S/C12H14O/c13-12-7-6-11(9-12)8-10-4-2-1-3-5-10/h1-7,11-13H,8-9H2/t11-,12+/m1/s1. The van der Waals surface area contributed by atoms with Crippen molar-refractivity contribution in [2.24, 2.45) is 5.92 Å². The third-order valence-corrected chi connectivity index (χ3v) is 2.49. The van der Waals surface area contributed by atoms with Gasteiger partial charge in [-0.3, -0.25) is 0 Å². The fraction of sp³-hybridized carbons (Fsp3) is 0.333. The maximum Gasteiger partial charge on any atom is 0.0726 e. The third kappa shape index (κ3) is 2.19. The summed E-state index contributed by atoms with van der Waals surface area (Å²) in [6.45, 7) is 0. The molecule has 1 aliphatic carbocycles. The van der Waals surface area contributed by atoms with Crippen LogP contribution in [0.3, 0.4) is 0 Å². The van der Waals surface area contributed by atoms with Gasteiger partial charge in [-0.15, -0.1) is 0 Å². The molecule has 0 amide bonds. The fourth-order valence-corrected chi connectivity index (χ4v) is 1.82. The van der Waals surface area contributed by atoms with Crippen LogP contribution in [0.25, 0.3) is 0 Å². The summed E-state index contributed by atoms with van der Waals surface area (Å²) in [6, 6.07) is 10.4. The highest BCUT2D eigenvalue weighted by Gasteiger charge is 2.16. The molecule has 0 bridgehead atoms. The van der Waals surface area contributed by atoms with Crippen molar-refractivity contribution in [3.05, 3.63) is 48.0 Å². The van der Waals surface area contributed by atoms with Crippen LogP contribution in [0.5, 0.6) is 0 Å². The summed E-state index contributed by atoms with van der Waals surface area (Å²) >= 11 is 0. The zero-order valence-corrected chi connectivity index (χ0v) is 7.56. The van der Waals surface area contributed by atoms with Gasteiger partial charge in [-0.25, -0.2) is 0 Å². The van der Waals surface area contributed by atoms with Crippen LogP contribution in [0.2, 0.25) is 0 Å². The number of rotatable bonds is 2. The van der Waals surface area contributed by atoms with Gasteiger partial charge in [-0.1, -0.05) is 42.5 Å². The molecule has 1 aliphatic rings. The van der Waals surface area contributed by atoms with Crippen molar-refractivity contribution in [3.8, 4) is 0 Å². The molecule has 0 heterocycles. The van der Waals surface area contributed by atoms with E-state index in [9.17, 15) is 5.11 Å². The first-order valence-electron chi connectivity index (χ1n) is 4.75. The normalized spacial score (nSPS) is 26.5. The molecule has 2 rings (SSSR count). The Balaban J connectivity index is 1.96. The minimum atomic E-state index is -0.214. The summed E-state index contributed by atoms with van der Waals surface area (Å²) < 4.78 is 0. The molecule has 68 valence electrons. The predicted molar refractivity (Wildman–Crippen MR) is 53.4 cm³/mol. The molecule has 1 aromatic rings. The van der Waals surface area contributed by atoms with Crippen molar-refractivity contribution in [2.75, 3.05) is 0 Å². The highest BCUT2D eigenvalue weighted by molar-refractivity contribution is 5.17. The molecule has 1 nitrogen and oxygen atoms in total. The highest BCUT2D eigenvalue weighted by Crippen LogP contribution is 2.21. The van der Waals surface area contributed by atoms with Crippen molar-refractivity contribution in [1.29, 1.82) is 0 Å². The summed E-state index contributed by atoms with van der Waals surface area (Å²) in [5.41, 5.74) is 1.35. The molecule has 13 heavy (non-hydrogen) atoms. The van der Waals surface area contributed by atoms with Gasteiger partial charge in [0.25, 0.3) is 0 Å². The Morgan fingerprint density at radius 3 is 2.54 bits per heavy atom. The zero-order chi connectivity index (χ0) is 9.10. The molecule has 0 aliphatic heterocycles. The van der Waals surface area contributed by atoms with Crippen molar-refractivity contribution < 1.29 is 5.11 Å². The van der Waals surface area contributed by atoms with Crippen molar-refractivity contribution in [2.45, 2.75) is 18.9 Å². The Morgan fingerprint density at radius 1 is 1.15 bits per heavy atom. The highest BCUT2D eigenvalue weighted by atomic mass is 16.3. The van der Waals surface area contributed by atoms with Crippen molar-refractivity contribution in [1.82, 2.24) is 0 Å². The molecule has 0 aromatic heterocycles. The maximum atomic E-state index is 9.29. The number of allylic oxidation sites excluding steroid dienone is 1. The molecule has 0 radical (unpaired) electrons. The minimum absolute atomic E-state index is 0.214. The molecule has 0 saturated carbocycles. The monoisotopic (exact) mass is 174 g/mol. The fourth-order valence-electron chi connectivity index (χ4n) is 1.82. The Morgan fingerprint density at radius 2 is 1.92 bits per heavy atom. The van der Waals surface area contributed by atoms with Gasteiger partial charge in [0.15, 0.2) is 0 Å². The average Bonchev–Trinajstić information content (AvgIpc) is 2.53. The zero-order valence-electron chi connectivity index (χ0n) is 7.56. The van der Waals surface area contributed by atoms with Crippen LogP contribution in [0.4, 0.5) is 0 Å². The topological polar surface area (TPSA) is 20.2 Å². The van der Waals surface area contributed by atoms with Crippen LogP contribution in [-0.2, 0) is 6.42 Å². The van der Waals surface area contributed by atoms with Crippen LogP contribution in [-0.4, -0.2) is 11.2 Å². The van der Waals surface area contributed by atoms with E-state index in [0.717, 1.165) is 12.8 Å². The Kier molecular flexibility index (Phi) is 2.46. The van der Waals surface area contributed by atoms with Gasteiger partial charge in [0.05, 0.1) is 6.10 Å². The Hall–Kier alpha value is -1.08. The summed E-state index contributed by atoms with van der Waals surface area (Å²) in [6.07, 6.45) is 5.74. The summed E-state index contributed by atoms with van der Waals surface area (Å²) in [5, 5.41) is 9.29. The van der Waals surface area contributed by atoms with Gasteiger partial charge in [-0.05, 0) is 24.3 Å². The summed E-state index contributed by atoms with van der Waals surface area (Å²) in [7, 11) is 0. The quantitative estimate of drug-likeness (QED) is 0.681. The van der Waals surface area contributed by atoms with E-state index in [4.69, 9.17) is 0 Å². The van der Waals surface area contributed by atoms with E-state index in [1.54, 1.807) is 0 Å². The smallest absolute Gasteiger partial charge is 0.0726 e. The summed E-state index contributed by atoms with van der Waals surface area (Å²) in [5.74, 6) is 0.525. The van der Waals surface area contributed by atoms with Crippen LogP contribution in [0.1, 0.15) is 12.0 Å². The van der Waals surface area contributed by atoms with Crippen LogP contribution < -0.4 is 0 Å². The van der Waals surface area contributed by atoms with Gasteiger partial charge < -0.3 is 5.11 Å². The SMILES string of the molecule is O[C@H]1C=C[C@H](Cc2ccccc2)C1. The second-order valence-electron chi connectivity index (χ2n) is 3.64. The molecule has 0 spiro atoms. The third-order valence-electron chi connectivity index (χ3n) is 2.49. The van der Waals surface area contributed by atoms with E-state index in [1.165, 1.54) is 5.56 Å². The van der Waals surface area contributed by atoms with Gasteiger partial charge in [0.1, 0.15) is 0 Å². The first-order valence-corrected chi connectivity index (χ1v) is 4.75. The lowest BCUT2D eigenvalue weighted by molar-refractivity contribution is 0.210. The number of hydrogen-bond donors (Lipinski definition) is 1. The number of benzene rings is 1. The van der Waals surface area contributed by atoms with E-state index >= 15 is 0 Å². The van der Waals surface area contributed by atoms with Crippen molar-refractivity contribution >= 4 is 0 Å². The lowest BCUT2D eigenvalue weighted by Crippen LogP contribution is -2.04. The maximum absolute atomic E-state index is 9.29. The largest absolute Gasteiger partial charge is 0.389 e. The molecular weight excluding hydrogens is 160 g/mol. The van der Waals surface area contributed by atoms with Gasteiger partial charge >= 0.3 is 0 Å². The molecule has 2 atom stereocenters. The van der Waals surface area contributed by atoms with Gasteiger partial charge in [-0.2, -0.15) is 0 Å². The van der Waals surface area contributed by atoms with E-state index < -0.39 is 0 Å². The number of aliphatic hydroxyl groups excluding tert-OH is 1. The first kappa shape index (κ1) is 8.52. The van der Waals surface area contributed by atoms with E-state index in [-0.39, 0.29) is 6.10 Å². The van der Waals surface area contributed by atoms with Crippen molar-refractivity contribution in [3.63, 3.8) is 0 Å².